The van der Waals surface area contributed by atoms with Gasteiger partial charge in [-0.15, -0.1) is 0 Å². The molecule has 2 atom stereocenters. The molecule has 1 N–H and O–H groups in total. The summed E-state index contributed by atoms with van der Waals surface area (Å²) < 4.78 is 0. The number of rotatable bonds is 5. The number of anilines is 1. The zero-order valence-corrected chi connectivity index (χ0v) is 12.3. The molecule has 0 amide bonds. The Hall–Kier alpha value is -1.65. The summed E-state index contributed by atoms with van der Waals surface area (Å²) in [5.74, 6) is 2.40. The first-order valence-corrected chi connectivity index (χ1v) is 7.41. The van der Waals surface area contributed by atoms with Crippen LogP contribution >= 0.6 is 0 Å². The largest absolute Gasteiger partial charge is 0.370 e. The summed E-state index contributed by atoms with van der Waals surface area (Å²) in [6, 6.07) is 1.75. The summed E-state index contributed by atoms with van der Waals surface area (Å²) in [6.07, 6.45) is 7.86. The number of hydrogen-bond donors (Lipinski definition) is 1. The molecule has 20 heavy (non-hydrogen) atoms. The van der Waals surface area contributed by atoms with E-state index in [0.717, 1.165) is 30.6 Å². The maximum atomic E-state index is 10.7. The molecule has 1 aromatic rings. The van der Waals surface area contributed by atoms with Crippen molar-refractivity contribution in [3.05, 3.63) is 27.9 Å². The van der Waals surface area contributed by atoms with Crippen molar-refractivity contribution >= 4 is 11.5 Å². The highest BCUT2D eigenvalue weighted by atomic mass is 16.6. The molecular weight excluding hydrogens is 254 g/mol. The average Bonchev–Trinajstić information content (AvgIpc) is 2.38. The van der Waals surface area contributed by atoms with Crippen LogP contribution in [-0.4, -0.2) is 16.5 Å². The topological polar surface area (TPSA) is 68.1 Å². The number of pyridine rings is 1. The van der Waals surface area contributed by atoms with Gasteiger partial charge in [-0.25, -0.2) is 4.98 Å². The van der Waals surface area contributed by atoms with Crippen molar-refractivity contribution in [1.29, 1.82) is 0 Å². The molecule has 0 aliphatic heterocycles. The molecule has 1 aliphatic rings. The number of aromatic nitrogens is 1. The predicted molar refractivity (Wildman–Crippen MR) is 79.9 cm³/mol. The minimum absolute atomic E-state index is 0.0802. The predicted octanol–water partition coefficient (Wildman–Crippen LogP) is 3.93. The van der Waals surface area contributed by atoms with Gasteiger partial charge in [0.1, 0.15) is 12.0 Å². The smallest absolute Gasteiger partial charge is 0.290 e. The molecule has 0 saturated heterocycles. The second kappa shape index (κ2) is 6.68. The van der Waals surface area contributed by atoms with Gasteiger partial charge in [0, 0.05) is 12.1 Å². The highest BCUT2D eigenvalue weighted by Gasteiger charge is 2.18. The van der Waals surface area contributed by atoms with Crippen molar-refractivity contribution in [3.8, 4) is 0 Å². The Labute approximate surface area is 119 Å². The molecule has 0 radical (unpaired) electrons. The van der Waals surface area contributed by atoms with Gasteiger partial charge in [-0.1, -0.05) is 26.2 Å². The summed E-state index contributed by atoms with van der Waals surface area (Å²) in [7, 11) is 0. The van der Waals surface area contributed by atoms with E-state index < -0.39 is 4.92 Å². The van der Waals surface area contributed by atoms with Crippen LogP contribution in [0.2, 0.25) is 0 Å². The van der Waals surface area contributed by atoms with E-state index in [1.54, 1.807) is 13.0 Å². The SMILES string of the molecule is Cc1cc(NCCC2CCCC(C)C2)ncc1[N+](=O)[O-]. The van der Waals surface area contributed by atoms with Gasteiger partial charge >= 0.3 is 0 Å². The molecule has 0 spiro atoms. The molecule has 1 heterocycles. The minimum Gasteiger partial charge on any atom is -0.370 e. The summed E-state index contributed by atoms with van der Waals surface area (Å²) in [5.41, 5.74) is 0.732. The van der Waals surface area contributed by atoms with Crippen LogP contribution in [0.15, 0.2) is 12.3 Å². The molecule has 1 aliphatic carbocycles. The molecular formula is C15H23N3O2. The van der Waals surface area contributed by atoms with E-state index in [2.05, 4.69) is 17.2 Å². The van der Waals surface area contributed by atoms with Gasteiger partial charge in [0.25, 0.3) is 5.69 Å². The van der Waals surface area contributed by atoms with Crippen molar-refractivity contribution < 1.29 is 4.92 Å². The van der Waals surface area contributed by atoms with E-state index in [4.69, 9.17) is 0 Å². The summed E-state index contributed by atoms with van der Waals surface area (Å²) in [4.78, 5) is 14.4. The molecule has 1 aromatic heterocycles. The minimum atomic E-state index is -0.393. The van der Waals surface area contributed by atoms with Gasteiger partial charge in [0.05, 0.1) is 4.92 Å². The zero-order chi connectivity index (χ0) is 14.5. The molecule has 1 fully saturated rings. The van der Waals surface area contributed by atoms with Crippen molar-refractivity contribution in [2.45, 2.75) is 46.0 Å². The third-order valence-electron chi connectivity index (χ3n) is 4.18. The maximum absolute atomic E-state index is 10.7. The highest BCUT2D eigenvalue weighted by molar-refractivity contribution is 5.46. The van der Waals surface area contributed by atoms with Crippen LogP contribution in [0.5, 0.6) is 0 Å². The molecule has 1 saturated carbocycles. The molecule has 2 unspecified atom stereocenters. The molecule has 5 heteroatoms. The Morgan fingerprint density at radius 2 is 2.30 bits per heavy atom. The summed E-state index contributed by atoms with van der Waals surface area (Å²) in [5, 5.41) is 14.0. The Kier molecular flexibility index (Phi) is 4.93. The number of aryl methyl sites for hydroxylation is 1. The van der Waals surface area contributed by atoms with Crippen LogP contribution < -0.4 is 5.32 Å². The molecule has 5 nitrogen and oxygen atoms in total. The van der Waals surface area contributed by atoms with Gasteiger partial charge in [0.2, 0.25) is 0 Å². The van der Waals surface area contributed by atoms with Crippen molar-refractivity contribution in [2.24, 2.45) is 11.8 Å². The van der Waals surface area contributed by atoms with Crippen LogP contribution in [-0.2, 0) is 0 Å². The van der Waals surface area contributed by atoms with E-state index >= 15 is 0 Å². The van der Waals surface area contributed by atoms with E-state index in [1.165, 1.54) is 31.9 Å². The Bertz CT molecular complexity index is 476. The Balaban J connectivity index is 1.82. The van der Waals surface area contributed by atoms with Crippen molar-refractivity contribution in [2.75, 3.05) is 11.9 Å². The van der Waals surface area contributed by atoms with Gasteiger partial charge in [0.15, 0.2) is 0 Å². The third kappa shape index (κ3) is 3.92. The zero-order valence-electron chi connectivity index (χ0n) is 12.3. The summed E-state index contributed by atoms with van der Waals surface area (Å²) in [6.45, 7) is 4.97. The van der Waals surface area contributed by atoms with Crippen LogP contribution in [0.1, 0.15) is 44.6 Å². The van der Waals surface area contributed by atoms with Gasteiger partial charge < -0.3 is 5.32 Å². The van der Waals surface area contributed by atoms with Crippen LogP contribution in [0, 0.1) is 28.9 Å². The standard InChI is InChI=1S/C15H23N3O2/c1-11-4-3-5-13(8-11)6-7-16-15-9-12(2)14(10-17-15)18(19)20/h9-11,13H,3-8H2,1-2H3,(H,16,17). The fourth-order valence-corrected chi connectivity index (χ4v) is 3.06. The Morgan fingerprint density at radius 1 is 1.50 bits per heavy atom. The lowest BCUT2D eigenvalue weighted by atomic mass is 9.81. The average molecular weight is 277 g/mol. The maximum Gasteiger partial charge on any atom is 0.290 e. The third-order valence-corrected chi connectivity index (χ3v) is 4.18. The molecule has 0 bridgehead atoms. The van der Waals surface area contributed by atoms with E-state index in [-0.39, 0.29) is 5.69 Å². The van der Waals surface area contributed by atoms with Gasteiger partial charge in [-0.05, 0) is 37.7 Å². The molecule has 0 aromatic carbocycles. The lowest BCUT2D eigenvalue weighted by Crippen LogP contribution is -2.16. The van der Waals surface area contributed by atoms with E-state index in [1.807, 2.05) is 0 Å². The first-order chi connectivity index (χ1) is 9.56. The summed E-state index contributed by atoms with van der Waals surface area (Å²) >= 11 is 0. The number of nitrogens with zero attached hydrogens (tertiary/aromatic N) is 2. The van der Waals surface area contributed by atoms with Crippen LogP contribution in [0.3, 0.4) is 0 Å². The van der Waals surface area contributed by atoms with Gasteiger partial charge in [-0.2, -0.15) is 0 Å². The number of nitro groups is 1. The van der Waals surface area contributed by atoms with Crippen molar-refractivity contribution in [3.63, 3.8) is 0 Å². The van der Waals surface area contributed by atoms with E-state index in [9.17, 15) is 10.1 Å². The number of nitrogens with one attached hydrogen (secondary N) is 1. The lowest BCUT2D eigenvalue weighted by molar-refractivity contribution is -0.385. The first kappa shape index (κ1) is 14.8. The number of hydrogen-bond acceptors (Lipinski definition) is 4. The van der Waals surface area contributed by atoms with E-state index in [0.29, 0.717) is 5.56 Å². The van der Waals surface area contributed by atoms with Gasteiger partial charge in [-0.3, -0.25) is 10.1 Å². The van der Waals surface area contributed by atoms with Crippen molar-refractivity contribution in [1.82, 2.24) is 4.98 Å². The second-order valence-electron chi connectivity index (χ2n) is 5.97. The van der Waals surface area contributed by atoms with Crippen LogP contribution in [0.25, 0.3) is 0 Å². The normalized spacial score (nSPS) is 22.5. The monoisotopic (exact) mass is 277 g/mol. The lowest BCUT2D eigenvalue weighted by Gasteiger charge is -2.26. The highest BCUT2D eigenvalue weighted by Crippen LogP contribution is 2.30. The fraction of sp³-hybridized carbons (Fsp3) is 0.667. The Morgan fingerprint density at radius 3 is 2.95 bits per heavy atom. The fourth-order valence-electron chi connectivity index (χ4n) is 3.06. The quantitative estimate of drug-likeness (QED) is 0.654. The molecule has 110 valence electrons. The first-order valence-electron chi connectivity index (χ1n) is 7.41. The molecule has 2 rings (SSSR count). The second-order valence-corrected chi connectivity index (χ2v) is 5.97. The van der Waals surface area contributed by atoms with Crippen LogP contribution in [0.4, 0.5) is 11.5 Å².